The van der Waals surface area contributed by atoms with Crippen molar-refractivity contribution in [1.29, 1.82) is 0 Å². The van der Waals surface area contributed by atoms with E-state index in [9.17, 15) is 14.7 Å². The van der Waals surface area contributed by atoms with E-state index in [-0.39, 0.29) is 17.9 Å². The highest BCUT2D eigenvalue weighted by molar-refractivity contribution is 7.99. The Kier molecular flexibility index (Phi) is 6.19. The minimum atomic E-state index is -0.747. The minimum absolute atomic E-state index is 0.0118. The molecule has 7 heteroatoms. The summed E-state index contributed by atoms with van der Waals surface area (Å²) in [6, 6.07) is 0. The highest BCUT2D eigenvalue weighted by Crippen LogP contribution is 2.30. The molecule has 132 valence electrons. The number of thioether (sulfide) groups is 1. The van der Waals surface area contributed by atoms with E-state index in [1.165, 1.54) is 0 Å². The monoisotopic (exact) mass is 344 g/mol. The molecule has 2 amide bonds. The van der Waals surface area contributed by atoms with Gasteiger partial charge in [0.1, 0.15) is 0 Å². The number of aliphatic hydroxyl groups excluding tert-OH is 1. The zero-order chi connectivity index (χ0) is 17.0. The number of nitrogens with one attached hydrogen (secondary N) is 1. The van der Waals surface area contributed by atoms with Gasteiger partial charge in [0.25, 0.3) is 5.91 Å². The fraction of sp³-hybridized carbons (Fsp3) is 0.875. The maximum atomic E-state index is 12.8. The number of hydrogen-bond acceptors (Lipinski definition) is 5. The number of carbonyl (C=O) groups is 2. The van der Waals surface area contributed by atoms with Crippen LogP contribution in [-0.4, -0.2) is 57.9 Å². The number of nitrogens with zero attached hydrogens (tertiary/aromatic N) is 1. The minimum Gasteiger partial charge on any atom is -0.436 e. The molecule has 1 saturated carbocycles. The van der Waals surface area contributed by atoms with Crippen molar-refractivity contribution in [1.82, 2.24) is 10.2 Å². The van der Waals surface area contributed by atoms with E-state index in [4.69, 9.17) is 4.74 Å². The topological polar surface area (TPSA) is 78.9 Å². The van der Waals surface area contributed by atoms with Crippen molar-refractivity contribution in [2.75, 3.05) is 18.2 Å². The van der Waals surface area contributed by atoms with Crippen molar-refractivity contribution in [3.8, 4) is 0 Å². The molecule has 0 aromatic carbocycles. The van der Waals surface area contributed by atoms with Gasteiger partial charge in [-0.05, 0) is 46.5 Å². The molecule has 2 fully saturated rings. The molecule has 2 aliphatic rings. The molecular weight excluding hydrogens is 316 g/mol. The Morgan fingerprint density at radius 3 is 2.43 bits per heavy atom. The number of rotatable bonds is 3. The SMILES string of the molecule is CC(C)(C)NC(=O)O[C@H](C(=O)N1CCSC1)[C@H]1CC[C@H](O)CC1. The molecule has 6 nitrogen and oxygen atoms in total. The summed E-state index contributed by atoms with van der Waals surface area (Å²) >= 11 is 1.71. The van der Waals surface area contributed by atoms with Gasteiger partial charge in [0.2, 0.25) is 0 Å². The Hall–Kier alpha value is -0.950. The second-order valence-corrected chi connectivity index (χ2v) is 8.48. The third-order valence-electron chi connectivity index (χ3n) is 4.19. The van der Waals surface area contributed by atoms with Crippen LogP contribution in [0.25, 0.3) is 0 Å². The first-order chi connectivity index (χ1) is 10.8. The third kappa shape index (κ3) is 5.57. The number of aliphatic hydroxyl groups is 1. The van der Waals surface area contributed by atoms with Crippen LogP contribution in [-0.2, 0) is 9.53 Å². The van der Waals surface area contributed by atoms with Crippen molar-refractivity contribution in [3.05, 3.63) is 0 Å². The number of ether oxygens (including phenoxy) is 1. The van der Waals surface area contributed by atoms with Gasteiger partial charge in [0.05, 0.1) is 12.0 Å². The van der Waals surface area contributed by atoms with Gasteiger partial charge in [-0.1, -0.05) is 0 Å². The van der Waals surface area contributed by atoms with E-state index in [1.807, 2.05) is 20.8 Å². The zero-order valence-corrected chi connectivity index (χ0v) is 15.0. The molecule has 1 atom stereocenters. The number of carbonyl (C=O) groups excluding carboxylic acids is 2. The number of hydrogen-bond donors (Lipinski definition) is 2. The van der Waals surface area contributed by atoms with Gasteiger partial charge in [-0.15, -0.1) is 11.8 Å². The predicted molar refractivity (Wildman–Crippen MR) is 90.2 cm³/mol. The molecule has 2 rings (SSSR count). The predicted octanol–water partition coefficient (Wildman–Crippen LogP) is 1.96. The van der Waals surface area contributed by atoms with Crippen LogP contribution in [0.4, 0.5) is 4.79 Å². The molecular formula is C16H28N2O4S. The molecule has 2 N–H and O–H groups in total. The Labute approximate surface area is 142 Å². The van der Waals surface area contributed by atoms with Crippen LogP contribution in [0, 0.1) is 5.92 Å². The fourth-order valence-corrected chi connectivity index (χ4v) is 3.93. The molecule has 0 bridgehead atoms. The molecule has 23 heavy (non-hydrogen) atoms. The summed E-state index contributed by atoms with van der Waals surface area (Å²) in [5.74, 6) is 1.48. The molecule has 0 radical (unpaired) electrons. The Morgan fingerprint density at radius 2 is 1.91 bits per heavy atom. The lowest BCUT2D eigenvalue weighted by molar-refractivity contribution is -0.143. The summed E-state index contributed by atoms with van der Waals surface area (Å²) in [5, 5.41) is 12.4. The van der Waals surface area contributed by atoms with Crippen LogP contribution in [0.2, 0.25) is 0 Å². The van der Waals surface area contributed by atoms with Gasteiger partial charge >= 0.3 is 6.09 Å². The second kappa shape index (κ2) is 7.75. The summed E-state index contributed by atoms with van der Waals surface area (Å²) in [6.45, 7) is 6.33. The highest BCUT2D eigenvalue weighted by atomic mass is 32.2. The quantitative estimate of drug-likeness (QED) is 0.818. The van der Waals surface area contributed by atoms with Crippen LogP contribution in [0.1, 0.15) is 46.5 Å². The number of amides is 2. The molecule has 1 aliphatic carbocycles. The van der Waals surface area contributed by atoms with Crippen LogP contribution >= 0.6 is 11.8 Å². The summed E-state index contributed by atoms with van der Waals surface area (Å²) < 4.78 is 5.54. The van der Waals surface area contributed by atoms with Crippen molar-refractivity contribution in [2.24, 2.45) is 5.92 Å². The molecule has 0 spiro atoms. The van der Waals surface area contributed by atoms with Crippen molar-refractivity contribution < 1.29 is 19.4 Å². The maximum Gasteiger partial charge on any atom is 0.408 e. The zero-order valence-electron chi connectivity index (χ0n) is 14.2. The molecule has 1 heterocycles. The van der Waals surface area contributed by atoms with E-state index in [2.05, 4.69) is 5.32 Å². The molecule has 1 saturated heterocycles. The molecule has 0 aromatic rings. The van der Waals surface area contributed by atoms with E-state index in [1.54, 1.807) is 16.7 Å². The first-order valence-electron chi connectivity index (χ1n) is 8.29. The van der Waals surface area contributed by atoms with E-state index < -0.39 is 17.7 Å². The normalized spacial score (nSPS) is 26.7. The van der Waals surface area contributed by atoms with Gasteiger partial charge in [0, 0.05) is 23.8 Å². The summed E-state index contributed by atoms with van der Waals surface area (Å²) in [7, 11) is 0. The van der Waals surface area contributed by atoms with Crippen LogP contribution in [0.5, 0.6) is 0 Å². The highest BCUT2D eigenvalue weighted by Gasteiger charge is 2.38. The molecule has 1 aliphatic heterocycles. The van der Waals surface area contributed by atoms with Crippen LogP contribution < -0.4 is 5.32 Å². The smallest absolute Gasteiger partial charge is 0.408 e. The Balaban J connectivity index is 2.04. The maximum absolute atomic E-state index is 12.8. The van der Waals surface area contributed by atoms with Crippen molar-refractivity contribution in [3.63, 3.8) is 0 Å². The number of alkyl carbamates (subject to hydrolysis) is 1. The summed E-state index contributed by atoms with van der Waals surface area (Å²) in [6.07, 6.45) is 1.15. The second-order valence-electron chi connectivity index (χ2n) is 7.41. The van der Waals surface area contributed by atoms with Crippen LogP contribution in [0.15, 0.2) is 0 Å². The Morgan fingerprint density at radius 1 is 1.26 bits per heavy atom. The largest absolute Gasteiger partial charge is 0.436 e. The lowest BCUT2D eigenvalue weighted by atomic mass is 9.83. The average molecular weight is 344 g/mol. The van der Waals surface area contributed by atoms with Gasteiger partial charge < -0.3 is 20.1 Å². The van der Waals surface area contributed by atoms with Gasteiger partial charge in [-0.25, -0.2) is 4.79 Å². The lowest BCUT2D eigenvalue weighted by Gasteiger charge is -2.33. The van der Waals surface area contributed by atoms with Gasteiger partial charge in [0.15, 0.2) is 6.10 Å². The van der Waals surface area contributed by atoms with Crippen molar-refractivity contribution in [2.45, 2.75) is 64.2 Å². The van der Waals surface area contributed by atoms with E-state index in [0.29, 0.717) is 38.1 Å². The molecule has 0 aromatic heterocycles. The van der Waals surface area contributed by atoms with Gasteiger partial charge in [-0.3, -0.25) is 4.79 Å². The van der Waals surface area contributed by atoms with Crippen molar-refractivity contribution >= 4 is 23.8 Å². The standard InChI is InChI=1S/C16H28N2O4S/c1-16(2,3)17-15(21)22-13(11-4-6-12(19)7-5-11)14(20)18-8-9-23-10-18/h11-13,19H,4-10H2,1-3H3,(H,17,21)/t11-,12-,13-/m0/s1. The van der Waals surface area contributed by atoms with Crippen LogP contribution in [0.3, 0.4) is 0 Å². The van der Waals surface area contributed by atoms with Gasteiger partial charge in [-0.2, -0.15) is 0 Å². The Bertz CT molecular complexity index is 424. The summed E-state index contributed by atoms with van der Waals surface area (Å²) in [4.78, 5) is 26.7. The molecule has 0 unspecified atom stereocenters. The first-order valence-corrected chi connectivity index (χ1v) is 9.45. The average Bonchev–Trinajstić information content (AvgIpc) is 2.97. The van der Waals surface area contributed by atoms with E-state index in [0.717, 1.165) is 5.75 Å². The third-order valence-corrected chi connectivity index (χ3v) is 5.15. The summed E-state index contributed by atoms with van der Waals surface area (Å²) in [5.41, 5.74) is -0.406. The van der Waals surface area contributed by atoms with E-state index >= 15 is 0 Å². The first kappa shape index (κ1) is 18.4. The fourth-order valence-electron chi connectivity index (χ4n) is 2.97. The lowest BCUT2D eigenvalue weighted by Crippen LogP contribution is -2.49.